The van der Waals surface area contributed by atoms with E-state index in [0.717, 1.165) is 4.57 Å². The number of nitrogens with one attached hydrogen (secondary N) is 1. The Bertz CT molecular complexity index is 901. The molecule has 1 aromatic rings. The highest BCUT2D eigenvalue weighted by atomic mass is 16.9. The molecule has 2 rings (SSSR count). The number of aromatic nitrogens is 2. The van der Waals surface area contributed by atoms with Gasteiger partial charge in [-0.05, 0) is 6.07 Å². The number of anilines is 1. The van der Waals surface area contributed by atoms with Crippen LogP contribution < -0.4 is 11.0 Å². The molecule has 1 amide bonds. The van der Waals surface area contributed by atoms with Crippen molar-refractivity contribution in [3.8, 4) is 0 Å². The van der Waals surface area contributed by atoms with E-state index in [9.17, 15) is 29.4 Å². The summed E-state index contributed by atoms with van der Waals surface area (Å²) in [7, 11) is 0. The second-order valence-corrected chi connectivity index (χ2v) is 7.23. The highest BCUT2D eigenvalue weighted by molar-refractivity contribution is 5.87. The van der Waals surface area contributed by atoms with Crippen molar-refractivity contribution in [1.82, 2.24) is 9.55 Å². The van der Waals surface area contributed by atoms with Crippen LogP contribution in [0.25, 0.3) is 0 Å². The average Bonchev–Trinajstić information content (AvgIpc) is 3.08. The Kier molecular flexibility index (Phi) is 11.2. The highest BCUT2D eigenvalue weighted by Gasteiger charge is 2.47. The summed E-state index contributed by atoms with van der Waals surface area (Å²) in [6.45, 7) is 1.09. The molecule has 0 bridgehead atoms. The molecule has 2 heterocycles. The van der Waals surface area contributed by atoms with Crippen LogP contribution in [0, 0.1) is 0 Å². The standard InChI is InChI=1S/C20H29N3O12/c1-11(25)21-15-4-5-23(19(29)22-15)18-17(16(28)14(10-24)34-18)35-20(32-8-6-30-12(2)26)33-9-7-31-13(3)27/h4-5,14,16-18,20,24,28H,6-10H2,1-3H3,(H,21,22,25,29)/t14-,16?,17?,18-/m1/s1. The predicted octanol–water partition coefficient (Wildman–Crippen LogP) is -1.72. The Hall–Kier alpha value is -2.95. The Morgan fingerprint density at radius 3 is 2.20 bits per heavy atom. The first-order valence-corrected chi connectivity index (χ1v) is 10.6. The number of hydrogen-bond donors (Lipinski definition) is 3. The fourth-order valence-corrected chi connectivity index (χ4v) is 3.01. The van der Waals surface area contributed by atoms with Gasteiger partial charge in [0.05, 0.1) is 19.8 Å². The fraction of sp³-hybridized carbons (Fsp3) is 0.650. The van der Waals surface area contributed by atoms with Crippen LogP contribution >= 0.6 is 0 Å². The van der Waals surface area contributed by atoms with Crippen LogP contribution in [0.5, 0.6) is 0 Å². The van der Waals surface area contributed by atoms with E-state index in [4.69, 9.17) is 28.4 Å². The molecule has 2 unspecified atom stereocenters. The maximum atomic E-state index is 12.6. The van der Waals surface area contributed by atoms with E-state index in [1.165, 1.54) is 33.0 Å². The summed E-state index contributed by atoms with van der Waals surface area (Å²) < 4.78 is 32.7. The summed E-state index contributed by atoms with van der Waals surface area (Å²) >= 11 is 0. The van der Waals surface area contributed by atoms with E-state index in [1.54, 1.807) is 0 Å². The van der Waals surface area contributed by atoms with Crippen LogP contribution in [0.1, 0.15) is 27.0 Å². The summed E-state index contributed by atoms with van der Waals surface area (Å²) in [5.74, 6) is -1.47. The molecule has 0 spiro atoms. The highest BCUT2D eigenvalue weighted by Crippen LogP contribution is 2.32. The molecular formula is C20H29N3O12. The normalized spacial score (nSPS) is 21.7. The lowest BCUT2D eigenvalue weighted by Crippen LogP contribution is -2.42. The maximum Gasteiger partial charge on any atom is 0.351 e. The maximum absolute atomic E-state index is 12.6. The topological polar surface area (TPSA) is 194 Å². The summed E-state index contributed by atoms with van der Waals surface area (Å²) in [5, 5.41) is 22.6. The molecular weight excluding hydrogens is 474 g/mol. The number of rotatable bonds is 13. The van der Waals surface area contributed by atoms with Gasteiger partial charge in [-0.2, -0.15) is 4.98 Å². The summed E-state index contributed by atoms with van der Waals surface area (Å²) in [6.07, 6.45) is -3.80. The molecule has 35 heavy (non-hydrogen) atoms. The molecule has 196 valence electrons. The zero-order chi connectivity index (χ0) is 26.0. The lowest BCUT2D eigenvalue weighted by molar-refractivity contribution is -0.321. The second-order valence-electron chi connectivity index (χ2n) is 7.23. The van der Waals surface area contributed by atoms with Crippen LogP contribution in [0.2, 0.25) is 0 Å². The monoisotopic (exact) mass is 503 g/mol. The minimum absolute atomic E-state index is 0.00829. The van der Waals surface area contributed by atoms with E-state index in [2.05, 4.69) is 10.3 Å². The smallest absolute Gasteiger partial charge is 0.351 e. The third-order valence-corrected chi connectivity index (χ3v) is 4.45. The van der Waals surface area contributed by atoms with Gasteiger partial charge in [-0.15, -0.1) is 0 Å². The minimum Gasteiger partial charge on any atom is -0.463 e. The molecule has 0 saturated carbocycles. The lowest BCUT2D eigenvalue weighted by atomic mass is 10.1. The minimum atomic E-state index is -1.47. The molecule has 1 aromatic heterocycles. The van der Waals surface area contributed by atoms with Gasteiger partial charge in [-0.1, -0.05) is 0 Å². The number of esters is 2. The quantitative estimate of drug-likeness (QED) is 0.156. The molecule has 0 aliphatic carbocycles. The van der Waals surface area contributed by atoms with Gasteiger partial charge in [-0.3, -0.25) is 19.0 Å². The number of carbonyl (C=O) groups is 3. The van der Waals surface area contributed by atoms with Gasteiger partial charge >= 0.3 is 17.6 Å². The van der Waals surface area contributed by atoms with E-state index in [-0.39, 0.29) is 32.2 Å². The molecule has 1 saturated heterocycles. The Labute approximate surface area is 199 Å². The Morgan fingerprint density at radius 2 is 1.71 bits per heavy atom. The Balaban J connectivity index is 2.18. The van der Waals surface area contributed by atoms with Crippen molar-refractivity contribution in [2.24, 2.45) is 0 Å². The van der Waals surface area contributed by atoms with E-state index in [1.807, 2.05) is 0 Å². The van der Waals surface area contributed by atoms with Crippen LogP contribution in [0.3, 0.4) is 0 Å². The summed E-state index contributed by atoms with van der Waals surface area (Å²) in [6, 6.07) is 1.34. The number of amides is 1. The zero-order valence-corrected chi connectivity index (χ0v) is 19.4. The molecule has 15 nitrogen and oxygen atoms in total. The number of aliphatic hydroxyl groups is 2. The van der Waals surface area contributed by atoms with Crippen LogP contribution in [-0.4, -0.2) is 95.4 Å². The predicted molar refractivity (Wildman–Crippen MR) is 114 cm³/mol. The van der Waals surface area contributed by atoms with Crippen molar-refractivity contribution in [1.29, 1.82) is 0 Å². The van der Waals surface area contributed by atoms with Crippen molar-refractivity contribution in [3.05, 3.63) is 22.7 Å². The van der Waals surface area contributed by atoms with Gasteiger partial charge in [0.1, 0.15) is 37.3 Å². The molecule has 0 aromatic carbocycles. The van der Waals surface area contributed by atoms with Gasteiger partial charge in [0, 0.05) is 27.0 Å². The van der Waals surface area contributed by atoms with E-state index in [0.29, 0.717) is 0 Å². The number of aliphatic hydroxyl groups excluding tert-OH is 2. The van der Waals surface area contributed by atoms with Crippen molar-refractivity contribution < 1.29 is 53.0 Å². The van der Waals surface area contributed by atoms with Crippen molar-refractivity contribution in [2.45, 2.75) is 51.8 Å². The fourth-order valence-electron chi connectivity index (χ4n) is 3.01. The number of nitrogens with zero attached hydrogens (tertiary/aromatic N) is 2. The van der Waals surface area contributed by atoms with Crippen molar-refractivity contribution in [3.63, 3.8) is 0 Å². The Morgan fingerprint density at radius 1 is 1.11 bits per heavy atom. The third kappa shape index (κ3) is 8.97. The van der Waals surface area contributed by atoms with Crippen LogP contribution in [0.15, 0.2) is 17.1 Å². The first kappa shape index (κ1) is 28.3. The number of ether oxygens (including phenoxy) is 6. The molecule has 1 aliphatic rings. The number of carbonyl (C=O) groups excluding carboxylic acids is 3. The van der Waals surface area contributed by atoms with Gasteiger partial charge in [0.25, 0.3) is 6.48 Å². The lowest BCUT2D eigenvalue weighted by Gasteiger charge is -2.27. The van der Waals surface area contributed by atoms with Gasteiger partial charge in [0.2, 0.25) is 5.91 Å². The first-order valence-electron chi connectivity index (χ1n) is 10.6. The van der Waals surface area contributed by atoms with Crippen LogP contribution in [0.4, 0.5) is 5.82 Å². The summed E-state index contributed by atoms with van der Waals surface area (Å²) in [5.41, 5.74) is -0.830. The number of hydrogen-bond acceptors (Lipinski definition) is 13. The summed E-state index contributed by atoms with van der Waals surface area (Å²) in [4.78, 5) is 49.4. The second kappa shape index (κ2) is 13.8. The molecule has 3 N–H and O–H groups in total. The van der Waals surface area contributed by atoms with E-state index < -0.39 is 61.2 Å². The van der Waals surface area contributed by atoms with Gasteiger partial charge in [0.15, 0.2) is 6.23 Å². The van der Waals surface area contributed by atoms with Crippen molar-refractivity contribution >= 4 is 23.7 Å². The third-order valence-electron chi connectivity index (χ3n) is 4.45. The first-order chi connectivity index (χ1) is 16.6. The molecule has 1 fully saturated rings. The van der Waals surface area contributed by atoms with Gasteiger partial charge in [-0.25, -0.2) is 4.79 Å². The largest absolute Gasteiger partial charge is 0.463 e. The zero-order valence-electron chi connectivity index (χ0n) is 19.4. The van der Waals surface area contributed by atoms with Crippen molar-refractivity contribution in [2.75, 3.05) is 38.4 Å². The van der Waals surface area contributed by atoms with Crippen LogP contribution in [-0.2, 0) is 42.8 Å². The SMILES string of the molecule is CC(=O)Nc1ccn([C@@H]2O[C@H](CO)C(O)C2OC(OCCOC(C)=O)OCCOC(C)=O)c(=O)n1. The van der Waals surface area contributed by atoms with E-state index >= 15 is 0 Å². The molecule has 0 radical (unpaired) electrons. The molecule has 4 atom stereocenters. The average molecular weight is 503 g/mol. The molecule has 15 heteroatoms. The van der Waals surface area contributed by atoms with Gasteiger partial charge < -0.3 is 44.0 Å². The molecule has 1 aliphatic heterocycles.